The molecule has 41 heteroatoms. The molecular weight excluding hydrogens is 851 g/mol. The maximum Gasteiger partial charge on any atom is 0.471 e. The Hall–Kier alpha value is 0.860. The van der Waals surface area contributed by atoms with Crippen LogP contribution in [-0.4, -0.2) is 120 Å². The van der Waals surface area contributed by atoms with E-state index < -0.39 is 95.7 Å². The first-order chi connectivity index (χ1) is 19.3. The van der Waals surface area contributed by atoms with Crippen molar-refractivity contribution in [2.75, 3.05) is 0 Å². The number of rotatable bonds is 16. The van der Waals surface area contributed by atoms with Gasteiger partial charge < -0.3 is 93.2 Å². The van der Waals surface area contributed by atoms with E-state index in [2.05, 4.69) is 13.6 Å². The molecule has 0 radical (unpaired) electrons. The molecule has 0 rings (SSSR count). The Morgan fingerprint density at radius 2 is 0.652 bits per heavy atom. The van der Waals surface area contributed by atoms with Gasteiger partial charge in [-0.2, -0.15) is 0 Å². The highest BCUT2D eigenvalue weighted by Crippen LogP contribution is 2.91. The number of phosphoric ester groups is 3. The van der Waals surface area contributed by atoms with Crippen LogP contribution in [0, 0.1) is 0 Å². The standard InChI is InChI=1S/C5H19O32P9/c6-1(38(8,9)10)2(39(11,12)13,35-44(26,27)28)3(40(14,15)16,36-45(29,30)31)4(41(17,18)19,37-46(32,33)34)5(7,42(20,21)22)43(23,24)25/h7H,(H2,8,9,10)(H2,11,12,13)(H2,14,15,16)(H2,17,18,19)(H2,20,21,22)(H2,23,24,25)(H2,26,27,28)(H2,29,30,31)(H2,32,33,34)/t2-,3-,4-/m1/s1. The zero-order valence-corrected chi connectivity index (χ0v) is 28.4. The molecule has 0 bridgehead atoms. The highest BCUT2D eigenvalue weighted by Gasteiger charge is 3.00. The second-order valence-corrected chi connectivity index (χ2v) is 21.8. The average molecular weight is 870 g/mol. The van der Waals surface area contributed by atoms with E-state index in [9.17, 15) is 139 Å². The fourth-order valence-electron chi connectivity index (χ4n) is 3.50. The van der Waals surface area contributed by atoms with Crippen LogP contribution in [0.4, 0.5) is 0 Å². The lowest BCUT2D eigenvalue weighted by Gasteiger charge is -2.57. The zero-order chi connectivity index (χ0) is 38.2. The molecule has 0 aliphatic heterocycles. The van der Waals surface area contributed by atoms with Gasteiger partial charge in [-0.1, -0.05) is 0 Å². The van der Waals surface area contributed by atoms with Gasteiger partial charge in [0.2, 0.25) is 0 Å². The largest absolute Gasteiger partial charge is 0.471 e. The van der Waals surface area contributed by atoms with Gasteiger partial charge >= 0.3 is 74.1 Å². The Morgan fingerprint density at radius 3 is 0.826 bits per heavy atom. The predicted molar refractivity (Wildman–Crippen MR) is 130 cm³/mol. The van der Waals surface area contributed by atoms with Crippen molar-refractivity contribution in [1.82, 2.24) is 0 Å². The minimum atomic E-state index is -9.02. The lowest BCUT2D eigenvalue weighted by molar-refractivity contribution is -0.179. The van der Waals surface area contributed by atoms with E-state index in [0.29, 0.717) is 0 Å². The fraction of sp³-hybridized carbons (Fsp3) is 0.800. The molecule has 46 heavy (non-hydrogen) atoms. The molecule has 0 saturated heterocycles. The number of carbonyl (C=O) groups is 1. The lowest BCUT2D eigenvalue weighted by Crippen LogP contribution is -2.77. The average Bonchev–Trinajstić information content (AvgIpc) is 2.66. The Kier molecular flexibility index (Phi) is 13.1. The summed E-state index contributed by atoms with van der Waals surface area (Å²) in [6, 6.07) is 0. The van der Waals surface area contributed by atoms with Crippen LogP contribution in [0.15, 0.2) is 0 Å². The van der Waals surface area contributed by atoms with E-state index in [1.165, 1.54) is 0 Å². The topological polar surface area (TPSA) is 583 Å². The quantitative estimate of drug-likeness (QED) is 0.0644. The first kappa shape index (κ1) is 46.9. The summed E-state index contributed by atoms with van der Waals surface area (Å²) in [5, 5.41) is -19.2. The summed E-state index contributed by atoms with van der Waals surface area (Å²) in [5.41, 5.74) is -4.61. The van der Waals surface area contributed by atoms with Crippen LogP contribution in [0.3, 0.4) is 0 Å². The first-order valence-electron chi connectivity index (χ1n) is 9.17. The molecule has 0 saturated carbocycles. The molecule has 0 aromatic heterocycles. The summed E-state index contributed by atoms with van der Waals surface area (Å²) in [6.07, 6.45) is 0. The van der Waals surface area contributed by atoms with Crippen LogP contribution in [0.25, 0.3) is 0 Å². The number of hydrogen-bond acceptors (Lipinski definition) is 14. The lowest BCUT2D eigenvalue weighted by atomic mass is 10.1. The molecule has 276 valence electrons. The number of aliphatic hydroxyl groups is 1. The van der Waals surface area contributed by atoms with Gasteiger partial charge in [0.05, 0.1) is 0 Å². The molecule has 0 aliphatic rings. The van der Waals surface area contributed by atoms with Crippen molar-refractivity contribution in [3.05, 3.63) is 0 Å². The summed E-state index contributed by atoms with van der Waals surface area (Å²) in [4.78, 5) is 187. The summed E-state index contributed by atoms with van der Waals surface area (Å²) < 4.78 is 121. The van der Waals surface area contributed by atoms with Crippen molar-refractivity contribution in [3.63, 3.8) is 0 Å². The van der Waals surface area contributed by atoms with E-state index >= 15 is 0 Å². The minimum absolute atomic E-state index is 3.05. The van der Waals surface area contributed by atoms with Crippen LogP contribution in [0.1, 0.15) is 0 Å². The summed E-state index contributed by atoms with van der Waals surface area (Å²) in [5.74, 6) is 0. The third-order valence-corrected chi connectivity index (χ3v) is 16.8. The monoisotopic (exact) mass is 870 g/mol. The van der Waals surface area contributed by atoms with Crippen molar-refractivity contribution in [2.24, 2.45) is 0 Å². The molecule has 0 amide bonds. The fourth-order valence-corrected chi connectivity index (χ4v) is 18.4. The van der Waals surface area contributed by atoms with Gasteiger partial charge in [-0.25, -0.2) is 13.7 Å². The minimum Gasteiger partial charge on any atom is -0.365 e. The van der Waals surface area contributed by atoms with Gasteiger partial charge in [0.1, 0.15) is 0 Å². The molecule has 0 aliphatic carbocycles. The van der Waals surface area contributed by atoms with Crippen LogP contribution < -0.4 is 0 Å². The van der Waals surface area contributed by atoms with Gasteiger partial charge in [-0.15, -0.1) is 0 Å². The van der Waals surface area contributed by atoms with E-state index in [1.54, 1.807) is 0 Å². The Bertz CT molecular complexity index is 1630. The molecular formula is C5H19O32P9. The Balaban J connectivity index is 10.8. The molecule has 0 spiro atoms. The van der Waals surface area contributed by atoms with Crippen LogP contribution in [0.2, 0.25) is 0 Å². The molecule has 0 unspecified atom stereocenters. The second kappa shape index (κ2) is 12.8. The molecule has 0 aromatic carbocycles. The number of hydrogen-bond donors (Lipinski definition) is 19. The molecule has 0 heterocycles. The number of carbonyl (C=O) groups excluding carboxylic acids is 1. The molecule has 0 fully saturated rings. The van der Waals surface area contributed by atoms with E-state index in [-0.39, 0.29) is 0 Å². The zero-order valence-electron chi connectivity index (χ0n) is 20.3. The molecule has 3 atom stereocenters. The summed E-state index contributed by atoms with van der Waals surface area (Å²) in [7, 11) is -75.0. The number of phosphoric acid groups is 3. The van der Waals surface area contributed by atoms with Gasteiger partial charge in [-0.05, 0) is 0 Å². The Labute approximate surface area is 248 Å². The summed E-state index contributed by atoms with van der Waals surface area (Å²) >= 11 is 0. The normalized spacial score (nSPS) is 19.5. The second-order valence-electron chi connectivity index (χ2n) is 7.88. The third kappa shape index (κ3) is 8.16. The predicted octanol–water partition coefficient (Wildman–Crippen LogP) is -5.36. The van der Waals surface area contributed by atoms with Gasteiger partial charge in [0.25, 0.3) is 21.6 Å². The van der Waals surface area contributed by atoms with E-state index in [4.69, 9.17) is 0 Å². The van der Waals surface area contributed by atoms with Crippen molar-refractivity contribution >= 4 is 74.6 Å². The van der Waals surface area contributed by atoms with Gasteiger partial charge in [0, 0.05) is 0 Å². The SMILES string of the molecule is O=C([C@](OP(=O)(O)O)([C@](OP(=O)(O)O)([C@](OP(=O)(O)O)(C(O)(P(=O)(O)O)P(=O)(O)O)P(=O)(O)O)P(=O)(O)O)P(=O)(O)O)P(=O)(O)O. The molecule has 32 nitrogen and oxygen atoms in total. The van der Waals surface area contributed by atoms with Gasteiger partial charge in [-0.3, -0.25) is 45.8 Å². The molecule has 0 aromatic rings. The van der Waals surface area contributed by atoms with Crippen molar-refractivity contribution in [1.29, 1.82) is 0 Å². The van der Waals surface area contributed by atoms with Crippen molar-refractivity contribution in [3.8, 4) is 0 Å². The van der Waals surface area contributed by atoms with Crippen molar-refractivity contribution in [2.45, 2.75) is 21.1 Å². The van der Waals surface area contributed by atoms with Crippen molar-refractivity contribution < 1.29 is 153 Å². The third-order valence-electron chi connectivity index (χ3n) is 4.72. The maximum atomic E-state index is 13.1. The first-order valence-corrected chi connectivity index (χ1v) is 23.4. The van der Waals surface area contributed by atoms with Crippen LogP contribution in [0.5, 0.6) is 0 Å². The highest BCUT2D eigenvalue weighted by molar-refractivity contribution is 7.76. The summed E-state index contributed by atoms with van der Waals surface area (Å²) in [6.45, 7) is 0. The molecule has 19 N–H and O–H groups in total. The highest BCUT2D eigenvalue weighted by atomic mass is 31.2. The van der Waals surface area contributed by atoms with E-state index in [1.807, 2.05) is 0 Å². The maximum absolute atomic E-state index is 13.1. The Morgan fingerprint density at radius 1 is 0.391 bits per heavy atom. The van der Waals surface area contributed by atoms with E-state index in [0.717, 1.165) is 0 Å². The smallest absolute Gasteiger partial charge is 0.365 e. The van der Waals surface area contributed by atoms with Crippen LogP contribution in [-0.2, 0) is 59.5 Å². The van der Waals surface area contributed by atoms with Gasteiger partial charge in [0.15, 0.2) is 0 Å². The van der Waals surface area contributed by atoms with Crippen LogP contribution >= 0.6 is 69.0 Å².